The van der Waals surface area contributed by atoms with Gasteiger partial charge in [0.2, 0.25) is 17.7 Å². The Morgan fingerprint density at radius 1 is 1.24 bits per heavy atom. The molecule has 0 bridgehead atoms. The number of alkyl halides is 3. The molecule has 1 aromatic heterocycles. The second-order valence-electron chi connectivity index (χ2n) is 3.59. The van der Waals surface area contributed by atoms with Crippen LogP contribution in [0, 0.1) is 0 Å². The van der Waals surface area contributed by atoms with Crippen molar-refractivity contribution >= 4 is 11.9 Å². The van der Waals surface area contributed by atoms with Gasteiger partial charge in [-0.3, -0.25) is 0 Å². The summed E-state index contributed by atoms with van der Waals surface area (Å²) < 4.78 is 37.3. The molecule has 0 spiro atoms. The molecule has 0 fully saturated rings. The lowest BCUT2D eigenvalue weighted by Crippen LogP contribution is -2.24. The first kappa shape index (κ1) is 13.5. The molecule has 8 heteroatoms. The molecule has 0 saturated heterocycles. The predicted octanol–water partition coefficient (Wildman–Crippen LogP) is 1.71. The average Bonchev–Trinajstić information content (AvgIpc) is 2.23. The van der Waals surface area contributed by atoms with E-state index in [4.69, 9.17) is 5.73 Å². The first-order valence-electron chi connectivity index (χ1n) is 5.14. The zero-order valence-corrected chi connectivity index (χ0v) is 9.62. The molecule has 0 radical (unpaired) electrons. The van der Waals surface area contributed by atoms with Crippen molar-refractivity contribution in [2.45, 2.75) is 25.9 Å². The number of nitrogen functional groups attached to an aromatic ring is 1. The van der Waals surface area contributed by atoms with Gasteiger partial charge in [0, 0.05) is 13.6 Å². The number of nitrogens with zero attached hydrogens (tertiary/aromatic N) is 4. The third-order valence-electron chi connectivity index (χ3n) is 2.08. The van der Waals surface area contributed by atoms with Gasteiger partial charge in [-0.05, 0) is 6.42 Å². The van der Waals surface area contributed by atoms with Crippen molar-refractivity contribution < 1.29 is 13.2 Å². The highest BCUT2D eigenvalue weighted by molar-refractivity contribution is 5.33. The number of hydrogen-bond acceptors (Lipinski definition) is 5. The monoisotopic (exact) mass is 249 g/mol. The van der Waals surface area contributed by atoms with Crippen LogP contribution in [-0.4, -0.2) is 28.5 Å². The average molecular weight is 249 g/mol. The van der Waals surface area contributed by atoms with Crippen molar-refractivity contribution in [3.05, 3.63) is 5.82 Å². The van der Waals surface area contributed by atoms with Crippen molar-refractivity contribution in [1.82, 2.24) is 15.0 Å². The summed E-state index contributed by atoms with van der Waals surface area (Å²) >= 11 is 0. The van der Waals surface area contributed by atoms with Crippen LogP contribution in [0.1, 0.15) is 25.6 Å². The van der Waals surface area contributed by atoms with E-state index in [-0.39, 0.29) is 5.95 Å². The number of halogens is 3. The van der Waals surface area contributed by atoms with E-state index in [0.717, 1.165) is 12.8 Å². The van der Waals surface area contributed by atoms with Crippen LogP contribution in [-0.2, 0) is 6.18 Å². The first-order chi connectivity index (χ1) is 7.84. The lowest BCUT2D eigenvalue weighted by molar-refractivity contribution is -0.144. The lowest BCUT2D eigenvalue weighted by Gasteiger charge is -2.17. The fourth-order valence-electron chi connectivity index (χ4n) is 1.17. The second-order valence-corrected chi connectivity index (χ2v) is 3.59. The van der Waals surface area contributed by atoms with Gasteiger partial charge in [0.25, 0.3) is 0 Å². The molecule has 0 unspecified atom stereocenters. The molecule has 0 amide bonds. The molecule has 0 atom stereocenters. The van der Waals surface area contributed by atoms with Gasteiger partial charge in [-0.2, -0.15) is 28.1 Å². The van der Waals surface area contributed by atoms with Crippen LogP contribution >= 0.6 is 0 Å². The van der Waals surface area contributed by atoms with Gasteiger partial charge in [-0.25, -0.2) is 0 Å². The highest BCUT2D eigenvalue weighted by Crippen LogP contribution is 2.27. The molecular weight excluding hydrogens is 235 g/mol. The van der Waals surface area contributed by atoms with E-state index < -0.39 is 17.9 Å². The SMILES string of the molecule is CCCCN(C)c1nc(N)nc(C(F)(F)F)n1. The molecule has 0 aliphatic rings. The number of unbranched alkanes of at least 4 members (excludes halogenated alkanes) is 1. The van der Waals surface area contributed by atoms with Crippen molar-refractivity contribution in [2.75, 3.05) is 24.2 Å². The Bertz CT molecular complexity index is 379. The van der Waals surface area contributed by atoms with Crippen LogP contribution in [0.25, 0.3) is 0 Å². The van der Waals surface area contributed by atoms with E-state index in [9.17, 15) is 13.2 Å². The molecule has 96 valence electrons. The van der Waals surface area contributed by atoms with E-state index in [1.165, 1.54) is 4.90 Å². The molecule has 0 aliphatic heterocycles. The maximum Gasteiger partial charge on any atom is 0.451 e. The normalized spacial score (nSPS) is 11.6. The van der Waals surface area contributed by atoms with Crippen LogP contribution in [0.4, 0.5) is 25.1 Å². The van der Waals surface area contributed by atoms with Crippen LogP contribution < -0.4 is 10.6 Å². The Hall–Kier alpha value is -1.60. The third-order valence-corrected chi connectivity index (χ3v) is 2.08. The summed E-state index contributed by atoms with van der Waals surface area (Å²) in [5.41, 5.74) is 5.23. The number of anilines is 2. The standard InChI is InChI=1S/C9H14F3N5/c1-3-4-5-17(2)8-15-6(9(10,11)12)14-7(13)16-8/h3-5H2,1-2H3,(H2,13,14,15,16). The topological polar surface area (TPSA) is 67.9 Å². The number of nitrogens with two attached hydrogens (primary N) is 1. The third kappa shape index (κ3) is 3.72. The number of rotatable bonds is 4. The number of hydrogen-bond donors (Lipinski definition) is 1. The Morgan fingerprint density at radius 3 is 2.41 bits per heavy atom. The van der Waals surface area contributed by atoms with Gasteiger partial charge in [-0.1, -0.05) is 13.3 Å². The van der Waals surface area contributed by atoms with Gasteiger partial charge >= 0.3 is 6.18 Å². The van der Waals surface area contributed by atoms with Gasteiger partial charge in [-0.15, -0.1) is 0 Å². The fraction of sp³-hybridized carbons (Fsp3) is 0.667. The highest BCUT2D eigenvalue weighted by atomic mass is 19.4. The van der Waals surface area contributed by atoms with Gasteiger partial charge in [0.1, 0.15) is 0 Å². The van der Waals surface area contributed by atoms with Crippen molar-refractivity contribution in [1.29, 1.82) is 0 Å². The van der Waals surface area contributed by atoms with Gasteiger partial charge in [0.15, 0.2) is 0 Å². The molecule has 17 heavy (non-hydrogen) atoms. The largest absolute Gasteiger partial charge is 0.451 e. The van der Waals surface area contributed by atoms with Crippen LogP contribution in [0.15, 0.2) is 0 Å². The maximum atomic E-state index is 12.4. The van der Waals surface area contributed by atoms with Crippen molar-refractivity contribution in [3.8, 4) is 0 Å². The van der Waals surface area contributed by atoms with Crippen molar-refractivity contribution in [2.24, 2.45) is 0 Å². The first-order valence-corrected chi connectivity index (χ1v) is 5.14. The Balaban J connectivity index is 2.97. The summed E-state index contributed by atoms with van der Waals surface area (Å²) in [6, 6.07) is 0. The second kappa shape index (κ2) is 5.15. The molecule has 0 aliphatic carbocycles. The van der Waals surface area contributed by atoms with Gasteiger partial charge in [0.05, 0.1) is 0 Å². The Kier molecular flexibility index (Phi) is 4.08. The molecular formula is C9H14F3N5. The Morgan fingerprint density at radius 2 is 1.88 bits per heavy atom. The molecule has 0 aromatic carbocycles. The summed E-state index contributed by atoms with van der Waals surface area (Å²) in [5, 5.41) is 0. The van der Waals surface area contributed by atoms with E-state index in [0.29, 0.717) is 6.54 Å². The van der Waals surface area contributed by atoms with Crippen LogP contribution in [0.2, 0.25) is 0 Å². The van der Waals surface area contributed by atoms with E-state index in [2.05, 4.69) is 15.0 Å². The molecule has 5 nitrogen and oxygen atoms in total. The number of aromatic nitrogens is 3. The van der Waals surface area contributed by atoms with E-state index >= 15 is 0 Å². The zero-order valence-electron chi connectivity index (χ0n) is 9.62. The minimum atomic E-state index is -4.61. The molecule has 1 heterocycles. The van der Waals surface area contributed by atoms with Crippen LogP contribution in [0.5, 0.6) is 0 Å². The maximum absolute atomic E-state index is 12.4. The van der Waals surface area contributed by atoms with E-state index in [1.807, 2.05) is 6.92 Å². The quantitative estimate of drug-likeness (QED) is 0.879. The highest BCUT2D eigenvalue weighted by Gasteiger charge is 2.36. The molecule has 1 rings (SSSR count). The predicted molar refractivity (Wildman–Crippen MR) is 57.4 cm³/mol. The molecule has 1 aromatic rings. The molecule has 2 N–H and O–H groups in total. The zero-order chi connectivity index (χ0) is 13.1. The summed E-state index contributed by atoms with van der Waals surface area (Å²) in [5.74, 6) is -1.74. The smallest absolute Gasteiger partial charge is 0.368 e. The van der Waals surface area contributed by atoms with E-state index in [1.54, 1.807) is 7.05 Å². The summed E-state index contributed by atoms with van der Waals surface area (Å²) in [7, 11) is 1.62. The lowest BCUT2D eigenvalue weighted by atomic mass is 10.3. The Labute approximate surface area is 96.9 Å². The van der Waals surface area contributed by atoms with Crippen LogP contribution in [0.3, 0.4) is 0 Å². The van der Waals surface area contributed by atoms with Crippen molar-refractivity contribution in [3.63, 3.8) is 0 Å². The summed E-state index contributed by atoms with van der Waals surface area (Å²) in [6.07, 6.45) is -2.85. The molecule has 0 saturated carbocycles. The summed E-state index contributed by atoms with van der Waals surface area (Å²) in [6.45, 7) is 2.55. The minimum absolute atomic E-state index is 0.0572. The summed E-state index contributed by atoms with van der Waals surface area (Å²) in [4.78, 5) is 11.6. The minimum Gasteiger partial charge on any atom is -0.368 e. The van der Waals surface area contributed by atoms with Gasteiger partial charge < -0.3 is 10.6 Å². The fourth-order valence-corrected chi connectivity index (χ4v) is 1.17.